The summed E-state index contributed by atoms with van der Waals surface area (Å²) in [6.07, 6.45) is 0.864. The molecule has 1 N–H and O–H groups in total. The average molecular weight is 396 g/mol. The van der Waals surface area contributed by atoms with Crippen molar-refractivity contribution in [3.63, 3.8) is 0 Å². The largest absolute Gasteiger partial charge is 0.319 e. The number of sulfonamides is 1. The van der Waals surface area contributed by atoms with E-state index in [-0.39, 0.29) is 18.3 Å². The SMILES string of the molecule is CNCC1CCN(S(=O)(=O)c2ccc3c4c(cccc24)C(=O)N3C)C1.Cl. The smallest absolute Gasteiger partial charge is 0.258 e. The molecule has 6 nitrogen and oxygen atoms in total. The van der Waals surface area contributed by atoms with E-state index in [0.717, 1.165) is 24.0 Å². The van der Waals surface area contributed by atoms with Gasteiger partial charge in [-0.15, -0.1) is 12.4 Å². The number of nitrogens with one attached hydrogen (secondary N) is 1. The van der Waals surface area contributed by atoms with Crippen LogP contribution in [0.15, 0.2) is 35.2 Å². The summed E-state index contributed by atoms with van der Waals surface area (Å²) >= 11 is 0. The highest BCUT2D eigenvalue weighted by Gasteiger charge is 2.35. The van der Waals surface area contributed by atoms with Crippen LogP contribution in [-0.2, 0) is 10.0 Å². The van der Waals surface area contributed by atoms with Crippen molar-refractivity contribution in [3.8, 4) is 0 Å². The van der Waals surface area contributed by atoms with Crippen LogP contribution in [0.3, 0.4) is 0 Å². The van der Waals surface area contributed by atoms with E-state index in [1.807, 2.05) is 7.05 Å². The third-order valence-corrected chi connectivity index (χ3v) is 7.16. The lowest BCUT2D eigenvalue weighted by Crippen LogP contribution is -2.30. The van der Waals surface area contributed by atoms with Gasteiger partial charge in [-0.1, -0.05) is 12.1 Å². The number of carbonyl (C=O) groups excluding carboxylic acids is 1. The highest BCUT2D eigenvalue weighted by Crippen LogP contribution is 2.40. The minimum atomic E-state index is -3.58. The minimum Gasteiger partial charge on any atom is -0.319 e. The van der Waals surface area contributed by atoms with E-state index in [2.05, 4.69) is 5.32 Å². The summed E-state index contributed by atoms with van der Waals surface area (Å²) in [7, 11) is 0.0177. The van der Waals surface area contributed by atoms with Gasteiger partial charge in [-0.05, 0) is 44.1 Å². The Morgan fingerprint density at radius 3 is 2.73 bits per heavy atom. The first-order valence-electron chi connectivity index (χ1n) is 8.43. The molecular formula is C18H22ClN3O3S. The molecule has 2 aliphatic heterocycles. The summed E-state index contributed by atoms with van der Waals surface area (Å²) in [4.78, 5) is 14.2. The maximum atomic E-state index is 13.2. The van der Waals surface area contributed by atoms with Crippen molar-refractivity contribution in [2.45, 2.75) is 11.3 Å². The first kappa shape index (κ1) is 19.1. The second-order valence-electron chi connectivity index (χ2n) is 6.75. The third-order valence-electron chi connectivity index (χ3n) is 5.23. The number of amides is 1. The van der Waals surface area contributed by atoms with E-state index in [0.29, 0.717) is 34.9 Å². The molecule has 0 aromatic heterocycles. The maximum Gasteiger partial charge on any atom is 0.258 e. The molecule has 1 fully saturated rings. The lowest BCUT2D eigenvalue weighted by molar-refractivity contribution is 0.0999. The molecule has 2 aliphatic rings. The molecule has 1 saturated heterocycles. The van der Waals surface area contributed by atoms with Crippen molar-refractivity contribution < 1.29 is 13.2 Å². The van der Waals surface area contributed by atoms with Crippen molar-refractivity contribution in [1.82, 2.24) is 9.62 Å². The molecule has 0 radical (unpaired) electrons. The topological polar surface area (TPSA) is 69.7 Å². The van der Waals surface area contributed by atoms with Crippen LogP contribution < -0.4 is 10.2 Å². The van der Waals surface area contributed by atoms with Gasteiger partial charge >= 0.3 is 0 Å². The van der Waals surface area contributed by atoms with Crippen molar-refractivity contribution in [3.05, 3.63) is 35.9 Å². The second-order valence-corrected chi connectivity index (χ2v) is 8.66. The fraction of sp³-hybridized carbons (Fsp3) is 0.389. The predicted molar refractivity (Wildman–Crippen MR) is 105 cm³/mol. The molecule has 26 heavy (non-hydrogen) atoms. The number of halogens is 1. The molecule has 1 unspecified atom stereocenters. The highest BCUT2D eigenvalue weighted by atomic mass is 35.5. The van der Waals surface area contributed by atoms with E-state index in [1.54, 1.807) is 46.6 Å². The molecule has 0 spiro atoms. The van der Waals surface area contributed by atoms with Crippen LogP contribution in [0.25, 0.3) is 10.8 Å². The molecule has 2 heterocycles. The Hall–Kier alpha value is -1.67. The molecule has 8 heteroatoms. The number of benzene rings is 2. The standard InChI is InChI=1S/C18H21N3O3S.ClH/c1-19-10-12-8-9-21(11-12)25(23,24)16-7-6-15-17-13(16)4-3-5-14(17)18(22)20(15)2;/h3-7,12,19H,8-11H2,1-2H3;1H. The second kappa shape index (κ2) is 6.81. The Morgan fingerprint density at radius 2 is 2.00 bits per heavy atom. The van der Waals surface area contributed by atoms with E-state index in [1.165, 1.54) is 0 Å². The van der Waals surface area contributed by atoms with Crippen LogP contribution >= 0.6 is 12.4 Å². The fourth-order valence-electron chi connectivity index (χ4n) is 3.94. The van der Waals surface area contributed by atoms with Gasteiger partial charge in [0, 0.05) is 36.5 Å². The van der Waals surface area contributed by atoms with Crippen molar-refractivity contribution in [1.29, 1.82) is 0 Å². The van der Waals surface area contributed by atoms with E-state index >= 15 is 0 Å². The van der Waals surface area contributed by atoms with Gasteiger partial charge in [0.25, 0.3) is 5.91 Å². The number of hydrogen-bond acceptors (Lipinski definition) is 4. The van der Waals surface area contributed by atoms with Gasteiger partial charge < -0.3 is 10.2 Å². The van der Waals surface area contributed by atoms with Gasteiger partial charge in [-0.3, -0.25) is 4.79 Å². The number of hydrogen-bond donors (Lipinski definition) is 1. The van der Waals surface area contributed by atoms with Crippen LogP contribution in [0.4, 0.5) is 5.69 Å². The van der Waals surface area contributed by atoms with Crippen LogP contribution in [-0.4, -0.2) is 52.4 Å². The zero-order valence-corrected chi connectivity index (χ0v) is 16.4. The zero-order chi connectivity index (χ0) is 17.8. The van der Waals surface area contributed by atoms with E-state index < -0.39 is 10.0 Å². The predicted octanol–water partition coefficient (Wildman–Crippen LogP) is 2.08. The third kappa shape index (κ3) is 2.70. The summed E-state index contributed by atoms with van der Waals surface area (Å²) < 4.78 is 28.0. The monoisotopic (exact) mass is 395 g/mol. The van der Waals surface area contributed by atoms with Crippen LogP contribution in [0, 0.1) is 5.92 Å². The molecule has 1 atom stereocenters. The quantitative estimate of drug-likeness (QED) is 0.860. The van der Waals surface area contributed by atoms with E-state index in [9.17, 15) is 13.2 Å². The molecule has 0 aliphatic carbocycles. The molecule has 0 bridgehead atoms. The lowest BCUT2D eigenvalue weighted by atomic mass is 10.1. The Bertz CT molecular complexity index is 977. The fourth-order valence-corrected chi connectivity index (χ4v) is 5.66. The molecule has 1 amide bonds. The number of rotatable bonds is 4. The van der Waals surface area contributed by atoms with Gasteiger partial charge in [0.15, 0.2) is 0 Å². The number of nitrogens with zero attached hydrogens (tertiary/aromatic N) is 2. The van der Waals surface area contributed by atoms with Gasteiger partial charge in [0.05, 0.1) is 10.6 Å². The van der Waals surface area contributed by atoms with Gasteiger partial charge in [0.2, 0.25) is 10.0 Å². The maximum absolute atomic E-state index is 13.2. The van der Waals surface area contributed by atoms with Crippen molar-refractivity contribution >= 4 is 44.8 Å². The summed E-state index contributed by atoms with van der Waals surface area (Å²) in [6, 6.07) is 8.68. The summed E-state index contributed by atoms with van der Waals surface area (Å²) in [5, 5.41) is 4.49. The number of anilines is 1. The Kier molecular flexibility index (Phi) is 5.00. The number of carbonyl (C=O) groups is 1. The molecule has 4 rings (SSSR count). The molecule has 140 valence electrons. The normalized spacial score (nSPS) is 20.0. The summed E-state index contributed by atoms with van der Waals surface area (Å²) in [5.41, 5.74) is 1.34. The Morgan fingerprint density at radius 1 is 1.23 bits per heavy atom. The molecule has 2 aromatic carbocycles. The summed E-state index contributed by atoms with van der Waals surface area (Å²) in [6.45, 7) is 1.89. The van der Waals surface area contributed by atoms with Crippen LogP contribution in [0.1, 0.15) is 16.8 Å². The summed E-state index contributed by atoms with van der Waals surface area (Å²) in [5.74, 6) is 0.245. The molecular weight excluding hydrogens is 374 g/mol. The molecule has 0 saturated carbocycles. The van der Waals surface area contributed by atoms with E-state index in [4.69, 9.17) is 0 Å². The minimum absolute atomic E-state index is 0. The van der Waals surface area contributed by atoms with Crippen molar-refractivity contribution in [2.75, 3.05) is 38.6 Å². The first-order chi connectivity index (χ1) is 11.9. The first-order valence-corrected chi connectivity index (χ1v) is 9.87. The zero-order valence-electron chi connectivity index (χ0n) is 14.7. The average Bonchev–Trinajstić information content (AvgIpc) is 3.17. The van der Waals surface area contributed by atoms with Crippen LogP contribution in [0.2, 0.25) is 0 Å². The molecule has 2 aromatic rings. The van der Waals surface area contributed by atoms with Crippen LogP contribution in [0.5, 0.6) is 0 Å². The van der Waals surface area contributed by atoms with Gasteiger partial charge in [-0.25, -0.2) is 8.42 Å². The van der Waals surface area contributed by atoms with Crippen molar-refractivity contribution in [2.24, 2.45) is 5.92 Å². The van der Waals surface area contributed by atoms with Gasteiger partial charge in [0.1, 0.15) is 0 Å². The highest BCUT2D eigenvalue weighted by molar-refractivity contribution is 7.89. The Labute approximate surface area is 159 Å². The lowest BCUT2D eigenvalue weighted by Gasteiger charge is -2.19. The van der Waals surface area contributed by atoms with Gasteiger partial charge in [-0.2, -0.15) is 4.31 Å². The Balaban J connectivity index is 0.00000196.